The number of benzene rings is 3. The van der Waals surface area contributed by atoms with Crippen LogP contribution in [-0.4, -0.2) is 16.0 Å². The van der Waals surface area contributed by atoms with Gasteiger partial charge in [0.25, 0.3) is 5.91 Å². The molecule has 0 saturated carbocycles. The van der Waals surface area contributed by atoms with Gasteiger partial charge in [-0.25, -0.2) is 4.98 Å². The summed E-state index contributed by atoms with van der Waals surface area (Å²) < 4.78 is 5.79. The van der Waals surface area contributed by atoms with Gasteiger partial charge in [-0.2, -0.15) is 0 Å². The second kappa shape index (κ2) is 7.78. The molecule has 0 aliphatic heterocycles. The summed E-state index contributed by atoms with van der Waals surface area (Å²) in [6, 6.07) is 15.1. The van der Waals surface area contributed by atoms with Crippen LogP contribution in [0.15, 0.2) is 59.0 Å². The average Bonchev–Trinajstić information content (AvgIpc) is 3.14. The number of rotatable bonds is 4. The molecule has 0 aliphatic carbocycles. The van der Waals surface area contributed by atoms with Gasteiger partial charge in [-0.15, -0.1) is 0 Å². The Balaban J connectivity index is 1.67. The molecule has 5 nitrogen and oxygen atoms in total. The molecule has 0 atom stereocenters. The molecular formula is C22H16Cl2N2O3. The number of hydrogen-bond donors (Lipinski definition) is 2. The first-order valence-corrected chi connectivity index (χ1v) is 9.69. The van der Waals surface area contributed by atoms with E-state index in [1.807, 2.05) is 18.2 Å². The Morgan fingerprint density at radius 3 is 2.72 bits per heavy atom. The first-order valence-electron chi connectivity index (χ1n) is 8.94. The van der Waals surface area contributed by atoms with E-state index < -0.39 is 5.91 Å². The number of aromatic nitrogens is 1. The maximum atomic E-state index is 12.6. The summed E-state index contributed by atoms with van der Waals surface area (Å²) in [5, 5.41) is 13.7. The standard InChI is InChI=1S/C22H16Cl2N2O3/c1-2-12-3-8-20-18(9-12)26-22(29-20)16-11-14(5-7-19(16)27)25-21(28)15-10-13(23)4-6-17(15)24/h3-11,27H,2H2,1H3,(H,25,28). The quantitative estimate of drug-likeness (QED) is 0.374. The van der Waals surface area contributed by atoms with Crippen molar-refractivity contribution in [2.24, 2.45) is 0 Å². The zero-order valence-electron chi connectivity index (χ0n) is 15.4. The number of aromatic hydroxyl groups is 1. The van der Waals surface area contributed by atoms with Crippen LogP contribution in [0, 0.1) is 0 Å². The summed E-state index contributed by atoms with van der Waals surface area (Å²) >= 11 is 12.1. The van der Waals surface area contributed by atoms with Gasteiger partial charge in [0.1, 0.15) is 11.3 Å². The zero-order valence-corrected chi connectivity index (χ0v) is 16.9. The lowest BCUT2D eigenvalue weighted by Crippen LogP contribution is -2.12. The topological polar surface area (TPSA) is 75.4 Å². The highest BCUT2D eigenvalue weighted by atomic mass is 35.5. The van der Waals surface area contributed by atoms with Crippen LogP contribution in [0.25, 0.3) is 22.6 Å². The number of phenols is 1. The fourth-order valence-corrected chi connectivity index (χ4v) is 3.34. The Morgan fingerprint density at radius 2 is 1.93 bits per heavy atom. The van der Waals surface area contributed by atoms with Gasteiger partial charge < -0.3 is 14.8 Å². The Hall–Kier alpha value is -3.02. The van der Waals surface area contributed by atoms with Crippen LogP contribution in [-0.2, 0) is 6.42 Å². The first-order chi connectivity index (χ1) is 13.9. The molecule has 0 saturated heterocycles. The molecule has 4 aromatic rings. The van der Waals surface area contributed by atoms with E-state index in [0.717, 1.165) is 12.0 Å². The van der Waals surface area contributed by atoms with Crippen molar-refractivity contribution < 1.29 is 14.3 Å². The second-order valence-corrected chi connectivity index (χ2v) is 7.33. The van der Waals surface area contributed by atoms with Gasteiger partial charge in [-0.05, 0) is 60.5 Å². The van der Waals surface area contributed by atoms with Crippen molar-refractivity contribution >= 4 is 45.9 Å². The molecule has 3 aromatic carbocycles. The number of phenolic OH excluding ortho intramolecular Hbond substituents is 1. The van der Waals surface area contributed by atoms with Crippen LogP contribution in [0.5, 0.6) is 5.75 Å². The number of carbonyl (C=O) groups excluding carboxylic acids is 1. The van der Waals surface area contributed by atoms with Crippen LogP contribution in [0.4, 0.5) is 5.69 Å². The largest absolute Gasteiger partial charge is 0.507 e. The lowest BCUT2D eigenvalue weighted by atomic mass is 10.1. The molecule has 0 unspecified atom stereocenters. The monoisotopic (exact) mass is 426 g/mol. The van der Waals surface area contributed by atoms with Crippen LogP contribution in [0.3, 0.4) is 0 Å². The third-order valence-corrected chi connectivity index (χ3v) is 5.08. The summed E-state index contributed by atoms with van der Waals surface area (Å²) in [5.41, 5.74) is 3.55. The maximum absolute atomic E-state index is 12.6. The number of amides is 1. The van der Waals surface area contributed by atoms with Gasteiger partial charge in [0, 0.05) is 10.7 Å². The van der Waals surface area contributed by atoms with E-state index >= 15 is 0 Å². The van der Waals surface area contributed by atoms with Crippen molar-refractivity contribution in [2.45, 2.75) is 13.3 Å². The molecule has 29 heavy (non-hydrogen) atoms. The first kappa shape index (κ1) is 19.3. The minimum absolute atomic E-state index is 0.00828. The van der Waals surface area contributed by atoms with Crippen LogP contribution < -0.4 is 5.32 Å². The molecule has 4 rings (SSSR count). The molecule has 0 spiro atoms. The summed E-state index contributed by atoms with van der Waals surface area (Å²) in [6.45, 7) is 2.06. The molecule has 1 heterocycles. The highest BCUT2D eigenvalue weighted by molar-refractivity contribution is 6.36. The van der Waals surface area contributed by atoms with Gasteiger partial charge in [0.15, 0.2) is 5.58 Å². The SMILES string of the molecule is CCc1ccc2oc(-c3cc(NC(=O)c4cc(Cl)ccc4Cl)ccc3O)nc2c1. The molecule has 0 aliphatic rings. The van der Waals surface area contributed by atoms with E-state index in [0.29, 0.717) is 27.4 Å². The summed E-state index contributed by atoms with van der Waals surface area (Å²) in [7, 11) is 0. The lowest BCUT2D eigenvalue weighted by molar-refractivity contribution is 0.102. The third-order valence-electron chi connectivity index (χ3n) is 4.52. The number of fused-ring (bicyclic) bond motifs is 1. The summed E-state index contributed by atoms with van der Waals surface area (Å²) in [4.78, 5) is 17.1. The predicted molar refractivity (Wildman–Crippen MR) is 115 cm³/mol. The molecule has 0 fully saturated rings. The Morgan fingerprint density at radius 1 is 1.10 bits per heavy atom. The Kier molecular flexibility index (Phi) is 5.18. The fourth-order valence-electron chi connectivity index (χ4n) is 2.96. The number of carbonyl (C=O) groups is 1. The van der Waals surface area contributed by atoms with Crippen LogP contribution >= 0.6 is 23.2 Å². The van der Waals surface area contributed by atoms with Crippen molar-refractivity contribution in [3.63, 3.8) is 0 Å². The van der Waals surface area contributed by atoms with Crippen molar-refractivity contribution in [3.05, 3.63) is 75.8 Å². The van der Waals surface area contributed by atoms with Gasteiger partial charge in [-0.1, -0.05) is 36.2 Å². The number of anilines is 1. The van der Waals surface area contributed by atoms with Gasteiger partial charge >= 0.3 is 0 Å². The van der Waals surface area contributed by atoms with Gasteiger partial charge in [0.05, 0.1) is 16.1 Å². The molecule has 1 amide bonds. The van der Waals surface area contributed by atoms with Gasteiger partial charge in [0.2, 0.25) is 5.89 Å². The maximum Gasteiger partial charge on any atom is 0.257 e. The highest BCUT2D eigenvalue weighted by Crippen LogP contribution is 2.34. The number of oxazole rings is 1. The van der Waals surface area contributed by atoms with Crippen molar-refractivity contribution in [2.75, 3.05) is 5.32 Å². The van der Waals surface area contributed by atoms with Crippen molar-refractivity contribution in [1.29, 1.82) is 0 Å². The number of aryl methyl sites for hydroxylation is 1. The summed E-state index contributed by atoms with van der Waals surface area (Å²) in [6.07, 6.45) is 0.886. The van der Waals surface area contributed by atoms with E-state index in [4.69, 9.17) is 27.6 Å². The fraction of sp³-hybridized carbons (Fsp3) is 0.0909. The molecule has 0 bridgehead atoms. The normalized spacial score (nSPS) is 11.0. The second-order valence-electron chi connectivity index (χ2n) is 6.48. The van der Waals surface area contributed by atoms with E-state index in [1.165, 1.54) is 12.1 Å². The van der Waals surface area contributed by atoms with Crippen molar-refractivity contribution in [3.8, 4) is 17.2 Å². The average molecular weight is 427 g/mol. The minimum Gasteiger partial charge on any atom is -0.507 e. The lowest BCUT2D eigenvalue weighted by Gasteiger charge is -2.09. The number of hydrogen-bond acceptors (Lipinski definition) is 4. The highest BCUT2D eigenvalue weighted by Gasteiger charge is 2.16. The molecule has 0 radical (unpaired) electrons. The predicted octanol–water partition coefficient (Wildman–Crippen LogP) is 6.32. The number of halogens is 2. The number of nitrogens with zero attached hydrogens (tertiary/aromatic N) is 1. The van der Waals surface area contributed by atoms with Crippen LogP contribution in [0.2, 0.25) is 10.0 Å². The minimum atomic E-state index is -0.417. The molecule has 146 valence electrons. The zero-order chi connectivity index (χ0) is 20.5. The van der Waals surface area contributed by atoms with Crippen molar-refractivity contribution in [1.82, 2.24) is 4.98 Å². The number of nitrogens with one attached hydrogen (secondary N) is 1. The Labute approximate surface area is 176 Å². The van der Waals surface area contributed by atoms with E-state index in [9.17, 15) is 9.90 Å². The van der Waals surface area contributed by atoms with E-state index in [1.54, 1.807) is 24.3 Å². The van der Waals surface area contributed by atoms with E-state index in [2.05, 4.69) is 17.2 Å². The molecular weight excluding hydrogens is 411 g/mol. The van der Waals surface area contributed by atoms with Gasteiger partial charge in [-0.3, -0.25) is 4.79 Å². The smallest absolute Gasteiger partial charge is 0.257 e. The summed E-state index contributed by atoms with van der Waals surface area (Å²) in [5.74, 6) is -0.159. The third kappa shape index (κ3) is 3.92. The van der Waals surface area contributed by atoms with E-state index in [-0.39, 0.29) is 22.2 Å². The van der Waals surface area contributed by atoms with Crippen LogP contribution in [0.1, 0.15) is 22.8 Å². The molecule has 2 N–H and O–H groups in total. The molecule has 1 aromatic heterocycles. The Bertz CT molecular complexity index is 1230. The molecule has 7 heteroatoms.